The van der Waals surface area contributed by atoms with Gasteiger partial charge in [-0.15, -0.1) is 0 Å². The van der Waals surface area contributed by atoms with Crippen molar-refractivity contribution in [1.29, 1.82) is 0 Å². The van der Waals surface area contributed by atoms with Gasteiger partial charge in [-0.3, -0.25) is 9.59 Å². The van der Waals surface area contributed by atoms with Crippen LogP contribution in [0.4, 0.5) is 0 Å². The molecular formula is C39H54O6. The molecule has 2 unspecified atom stereocenters. The van der Waals surface area contributed by atoms with Crippen LogP contribution < -0.4 is 4.74 Å². The van der Waals surface area contributed by atoms with Crippen molar-refractivity contribution in [2.75, 3.05) is 0 Å². The van der Waals surface area contributed by atoms with Crippen molar-refractivity contribution < 1.29 is 29.3 Å². The highest BCUT2D eigenvalue weighted by Crippen LogP contribution is 2.34. The molecule has 2 atom stereocenters. The average molecular weight is 619 g/mol. The quantitative estimate of drug-likeness (QED) is 0.148. The third-order valence-electron chi connectivity index (χ3n) is 8.81. The Balaban J connectivity index is 0.000000244. The van der Waals surface area contributed by atoms with Gasteiger partial charge in [0.1, 0.15) is 23.4 Å². The maximum absolute atomic E-state index is 12.3. The number of rotatable bonds is 8. The van der Waals surface area contributed by atoms with Crippen LogP contribution in [0.1, 0.15) is 123 Å². The first-order valence-corrected chi connectivity index (χ1v) is 16.3. The summed E-state index contributed by atoms with van der Waals surface area (Å²) in [6, 6.07) is 21.9. The van der Waals surface area contributed by atoms with Gasteiger partial charge < -0.3 is 19.7 Å². The van der Waals surface area contributed by atoms with Crippen molar-refractivity contribution in [3.05, 3.63) is 89.5 Å². The van der Waals surface area contributed by atoms with Gasteiger partial charge in [-0.25, -0.2) is 0 Å². The number of aromatic hydroxyl groups is 2. The minimum Gasteiger partial charge on any atom is -0.508 e. The normalized spacial score (nSPS) is 15.1. The summed E-state index contributed by atoms with van der Waals surface area (Å²) in [7, 11) is 0. The van der Waals surface area contributed by atoms with E-state index >= 15 is 0 Å². The standard InChI is InChI=1S/C17H24O2.C12H16O3.C10H14O/c1-4-17(2,3)16(18)19-15-12-8-6-10-13-9-5-7-11-14(13)15;1-4-12(2,3)11(14)15-10-7-5-9(13)6-8-10;1-3-8(2)9-4-6-10(11)7-5-9/h5,7,9,11,15H,4,6,8,10,12H2,1-3H3;5-8,13H,4H2,1-3H3;4-8,11H,3H2,1-2H3. The molecule has 3 aromatic rings. The predicted octanol–water partition coefficient (Wildman–Crippen LogP) is 10.1. The SMILES string of the molecule is CCC(C)(C)C(=O)OC1CCCCc2ccccc21.CCC(C)(C)C(=O)Oc1ccc(O)cc1.CCC(C)c1ccc(O)cc1. The molecule has 246 valence electrons. The summed E-state index contributed by atoms with van der Waals surface area (Å²) in [4.78, 5) is 23.9. The lowest BCUT2D eigenvalue weighted by Crippen LogP contribution is -2.28. The van der Waals surface area contributed by atoms with Crippen molar-refractivity contribution >= 4 is 11.9 Å². The van der Waals surface area contributed by atoms with Crippen molar-refractivity contribution in [3.63, 3.8) is 0 Å². The summed E-state index contributed by atoms with van der Waals surface area (Å²) in [6.45, 7) is 15.9. The van der Waals surface area contributed by atoms with Gasteiger partial charge >= 0.3 is 11.9 Å². The first-order chi connectivity index (χ1) is 21.2. The van der Waals surface area contributed by atoms with Crippen LogP contribution in [0.3, 0.4) is 0 Å². The van der Waals surface area contributed by atoms with Gasteiger partial charge in [-0.1, -0.05) is 64.1 Å². The highest BCUT2D eigenvalue weighted by molar-refractivity contribution is 5.78. The summed E-state index contributed by atoms with van der Waals surface area (Å²) < 4.78 is 11.0. The Morgan fingerprint density at radius 3 is 1.87 bits per heavy atom. The van der Waals surface area contributed by atoms with Gasteiger partial charge in [0.2, 0.25) is 0 Å². The molecular weight excluding hydrogens is 564 g/mol. The fourth-order valence-electron chi connectivity index (χ4n) is 4.37. The smallest absolute Gasteiger partial charge is 0.316 e. The van der Waals surface area contributed by atoms with Crippen molar-refractivity contribution in [2.45, 2.75) is 112 Å². The first-order valence-electron chi connectivity index (χ1n) is 16.3. The van der Waals surface area contributed by atoms with E-state index in [-0.39, 0.29) is 29.2 Å². The summed E-state index contributed by atoms with van der Waals surface area (Å²) in [5, 5.41) is 18.1. The molecule has 0 saturated heterocycles. The van der Waals surface area contributed by atoms with Gasteiger partial charge in [-0.05, 0) is 132 Å². The molecule has 0 aliphatic heterocycles. The fourth-order valence-corrected chi connectivity index (χ4v) is 4.37. The maximum Gasteiger partial charge on any atom is 0.316 e. The van der Waals surface area contributed by atoms with Gasteiger partial charge in [0.25, 0.3) is 0 Å². The fraction of sp³-hybridized carbons (Fsp3) is 0.487. The van der Waals surface area contributed by atoms with Gasteiger partial charge in [0, 0.05) is 0 Å². The Kier molecular flexibility index (Phi) is 14.6. The maximum atomic E-state index is 12.3. The monoisotopic (exact) mass is 618 g/mol. The van der Waals surface area contributed by atoms with Gasteiger partial charge in [0.05, 0.1) is 10.8 Å². The van der Waals surface area contributed by atoms with Gasteiger partial charge in [0.15, 0.2) is 0 Å². The number of esters is 2. The minimum atomic E-state index is -0.474. The predicted molar refractivity (Wildman–Crippen MR) is 182 cm³/mol. The van der Waals surface area contributed by atoms with E-state index in [0.29, 0.717) is 17.4 Å². The zero-order valence-electron chi connectivity index (χ0n) is 28.6. The van der Waals surface area contributed by atoms with Crippen molar-refractivity contribution in [1.82, 2.24) is 0 Å². The number of carbonyl (C=O) groups is 2. The Bertz CT molecular complexity index is 1320. The Morgan fingerprint density at radius 1 is 0.778 bits per heavy atom. The molecule has 0 radical (unpaired) electrons. The van der Waals surface area contributed by atoms with Crippen LogP contribution in [0.2, 0.25) is 0 Å². The van der Waals surface area contributed by atoms with E-state index in [4.69, 9.17) is 19.7 Å². The lowest BCUT2D eigenvalue weighted by Gasteiger charge is -2.25. The lowest BCUT2D eigenvalue weighted by molar-refractivity contribution is -0.160. The number of benzene rings is 3. The topological polar surface area (TPSA) is 93.1 Å². The number of carbonyl (C=O) groups excluding carboxylic acids is 2. The lowest BCUT2D eigenvalue weighted by atomic mass is 9.90. The van der Waals surface area contributed by atoms with Crippen LogP contribution in [0.15, 0.2) is 72.8 Å². The second kappa shape index (κ2) is 17.6. The van der Waals surface area contributed by atoms with Crippen LogP contribution in [-0.2, 0) is 20.7 Å². The van der Waals surface area contributed by atoms with E-state index < -0.39 is 5.41 Å². The molecule has 0 spiro atoms. The van der Waals surface area contributed by atoms with Crippen LogP contribution in [-0.4, -0.2) is 22.2 Å². The van der Waals surface area contributed by atoms with Crippen LogP contribution in [0.25, 0.3) is 0 Å². The molecule has 3 aromatic carbocycles. The average Bonchev–Trinajstić information content (AvgIpc) is 3.24. The molecule has 45 heavy (non-hydrogen) atoms. The number of hydrogen-bond donors (Lipinski definition) is 2. The molecule has 1 aliphatic rings. The third kappa shape index (κ3) is 11.9. The van der Waals surface area contributed by atoms with Crippen LogP contribution in [0, 0.1) is 10.8 Å². The van der Waals surface area contributed by atoms with E-state index in [0.717, 1.165) is 38.5 Å². The molecule has 1 aliphatic carbocycles. The van der Waals surface area contributed by atoms with E-state index in [1.54, 1.807) is 24.3 Å². The molecule has 0 aromatic heterocycles. The number of aryl methyl sites for hydroxylation is 1. The first kappa shape index (κ1) is 37.4. The highest BCUT2D eigenvalue weighted by atomic mass is 16.5. The number of fused-ring (bicyclic) bond motifs is 1. The number of phenolic OH excluding ortho intramolecular Hbond substituents is 2. The summed E-state index contributed by atoms with van der Waals surface area (Å²) in [6.07, 6.45) is 6.97. The molecule has 0 amide bonds. The molecule has 4 rings (SSSR count). The summed E-state index contributed by atoms with van der Waals surface area (Å²) >= 11 is 0. The molecule has 0 saturated carbocycles. The molecule has 0 bridgehead atoms. The Labute approximate surface area is 270 Å². The van der Waals surface area contributed by atoms with E-state index in [1.807, 2.05) is 59.7 Å². The minimum absolute atomic E-state index is 0.0583. The second-order valence-electron chi connectivity index (χ2n) is 13.1. The van der Waals surface area contributed by atoms with Gasteiger partial charge in [-0.2, -0.15) is 0 Å². The van der Waals surface area contributed by atoms with Crippen LogP contribution >= 0.6 is 0 Å². The summed E-state index contributed by atoms with van der Waals surface area (Å²) in [5.41, 5.74) is 2.98. The Morgan fingerprint density at radius 2 is 1.31 bits per heavy atom. The van der Waals surface area contributed by atoms with E-state index in [9.17, 15) is 9.59 Å². The zero-order valence-corrected chi connectivity index (χ0v) is 28.6. The molecule has 2 N–H and O–H groups in total. The van der Waals surface area contributed by atoms with Crippen molar-refractivity contribution in [3.8, 4) is 17.2 Å². The number of phenols is 2. The molecule has 6 nitrogen and oxygen atoms in total. The molecule has 6 heteroatoms. The highest BCUT2D eigenvalue weighted by Gasteiger charge is 2.31. The molecule has 0 heterocycles. The number of hydrogen-bond acceptors (Lipinski definition) is 6. The largest absolute Gasteiger partial charge is 0.508 e. The van der Waals surface area contributed by atoms with E-state index in [1.165, 1.54) is 35.2 Å². The third-order valence-corrected chi connectivity index (χ3v) is 8.81. The van der Waals surface area contributed by atoms with Crippen molar-refractivity contribution in [2.24, 2.45) is 10.8 Å². The second-order valence-corrected chi connectivity index (χ2v) is 13.1. The van der Waals surface area contributed by atoms with Crippen LogP contribution in [0.5, 0.6) is 17.2 Å². The zero-order chi connectivity index (χ0) is 33.6. The Hall–Kier alpha value is -3.80. The molecule has 0 fully saturated rings. The van der Waals surface area contributed by atoms with E-state index in [2.05, 4.69) is 32.0 Å². The summed E-state index contributed by atoms with van der Waals surface area (Å²) in [5.74, 6) is 1.23. The number of ether oxygens (including phenoxy) is 2.